The number of carbonyl (C=O) groups is 1. The van der Waals surface area contributed by atoms with Crippen molar-refractivity contribution in [2.75, 3.05) is 18.0 Å². The molecule has 1 amide bonds. The minimum Gasteiger partial charge on any atom is -0.283 e. The van der Waals surface area contributed by atoms with Crippen LogP contribution >= 0.6 is 11.3 Å². The second-order valence-corrected chi connectivity index (χ2v) is 12.7. The van der Waals surface area contributed by atoms with Gasteiger partial charge in [0.1, 0.15) is 0 Å². The molecular formula is C28H30N4O3S2. The molecule has 1 fully saturated rings. The average Bonchev–Trinajstić information content (AvgIpc) is 3.32. The zero-order valence-electron chi connectivity index (χ0n) is 21.2. The molecule has 0 spiro atoms. The summed E-state index contributed by atoms with van der Waals surface area (Å²) in [5.41, 5.74) is 5.00. The maximum atomic E-state index is 14.0. The van der Waals surface area contributed by atoms with Gasteiger partial charge in [-0.1, -0.05) is 41.2 Å². The normalized spacial score (nSPS) is 16.7. The third-order valence-corrected chi connectivity index (χ3v) is 9.68. The standard InChI is InChI=1S/C28H30N4O3S2/c1-19-8-10-24(11-9-19)37(34,35)31-13-5-7-23(18-31)27(33)32(17-22-6-4-12-29-16-22)28-30-26-21(3)14-20(2)15-25(26)36-28/h4,6,8-12,14-16,23H,5,7,13,17-18H2,1-3H3. The Labute approximate surface area is 221 Å². The molecule has 7 nitrogen and oxygen atoms in total. The molecule has 0 aliphatic carbocycles. The maximum absolute atomic E-state index is 14.0. The minimum absolute atomic E-state index is 0.110. The largest absolute Gasteiger partial charge is 0.283 e. The lowest BCUT2D eigenvalue weighted by atomic mass is 9.98. The summed E-state index contributed by atoms with van der Waals surface area (Å²) in [5, 5.41) is 0.621. The highest BCUT2D eigenvalue weighted by Crippen LogP contribution is 2.34. The first kappa shape index (κ1) is 25.5. The molecule has 9 heteroatoms. The second kappa shape index (κ2) is 10.3. The van der Waals surface area contributed by atoms with Gasteiger partial charge in [-0.3, -0.25) is 14.7 Å². The molecule has 1 aliphatic heterocycles. The van der Waals surface area contributed by atoms with Crippen molar-refractivity contribution in [3.8, 4) is 0 Å². The van der Waals surface area contributed by atoms with E-state index < -0.39 is 15.9 Å². The van der Waals surface area contributed by atoms with Gasteiger partial charge in [-0.2, -0.15) is 4.31 Å². The number of rotatable bonds is 6. The number of thiazole rings is 1. The summed E-state index contributed by atoms with van der Waals surface area (Å²) in [7, 11) is -3.69. The first-order chi connectivity index (χ1) is 17.7. The molecule has 1 saturated heterocycles. The minimum atomic E-state index is -3.69. The fourth-order valence-corrected chi connectivity index (χ4v) is 7.50. The molecule has 0 saturated carbocycles. The van der Waals surface area contributed by atoms with E-state index in [0.717, 1.165) is 32.5 Å². The summed E-state index contributed by atoms with van der Waals surface area (Å²) < 4.78 is 29.2. The molecule has 2 aromatic carbocycles. The van der Waals surface area contributed by atoms with Crippen molar-refractivity contribution in [2.45, 2.75) is 45.1 Å². The van der Waals surface area contributed by atoms with Gasteiger partial charge in [0.15, 0.2) is 5.13 Å². The fourth-order valence-electron chi connectivity index (χ4n) is 4.83. The molecule has 0 bridgehead atoms. The monoisotopic (exact) mass is 534 g/mol. The number of carbonyl (C=O) groups excluding carboxylic acids is 1. The Hall–Kier alpha value is -3.14. The average molecular weight is 535 g/mol. The zero-order chi connectivity index (χ0) is 26.2. The van der Waals surface area contributed by atoms with Crippen molar-refractivity contribution in [3.05, 3.63) is 83.2 Å². The predicted molar refractivity (Wildman–Crippen MR) is 147 cm³/mol. The number of nitrogens with zero attached hydrogens (tertiary/aromatic N) is 4. The molecule has 1 unspecified atom stereocenters. The van der Waals surface area contributed by atoms with Gasteiger partial charge in [0.05, 0.1) is 27.6 Å². The first-order valence-corrected chi connectivity index (χ1v) is 14.6. The highest BCUT2D eigenvalue weighted by molar-refractivity contribution is 7.89. The van der Waals surface area contributed by atoms with E-state index in [9.17, 15) is 13.2 Å². The number of fused-ring (bicyclic) bond motifs is 1. The van der Waals surface area contributed by atoms with E-state index in [1.54, 1.807) is 41.6 Å². The van der Waals surface area contributed by atoms with Gasteiger partial charge in [0, 0.05) is 25.5 Å². The molecule has 1 atom stereocenters. The van der Waals surface area contributed by atoms with Gasteiger partial charge < -0.3 is 0 Å². The van der Waals surface area contributed by atoms with Crippen molar-refractivity contribution < 1.29 is 13.2 Å². The van der Waals surface area contributed by atoms with E-state index in [2.05, 4.69) is 24.0 Å². The van der Waals surface area contributed by atoms with Crippen LogP contribution in [0, 0.1) is 26.7 Å². The quantitative estimate of drug-likeness (QED) is 0.337. The Balaban J connectivity index is 1.46. The molecule has 37 heavy (non-hydrogen) atoms. The Morgan fingerprint density at radius 3 is 2.62 bits per heavy atom. The highest BCUT2D eigenvalue weighted by atomic mass is 32.2. The van der Waals surface area contributed by atoms with Crippen LogP contribution in [0.3, 0.4) is 0 Å². The molecule has 4 aromatic rings. The summed E-state index contributed by atoms with van der Waals surface area (Å²) in [6, 6.07) is 14.8. The number of sulfonamides is 1. The van der Waals surface area contributed by atoms with Crippen molar-refractivity contribution in [2.24, 2.45) is 5.92 Å². The van der Waals surface area contributed by atoms with E-state index in [0.29, 0.717) is 31.1 Å². The Kier molecular flexibility index (Phi) is 7.11. The summed E-state index contributed by atoms with van der Waals surface area (Å²) >= 11 is 1.49. The predicted octanol–water partition coefficient (Wildman–Crippen LogP) is 5.25. The van der Waals surface area contributed by atoms with Gasteiger partial charge in [-0.05, 0) is 74.6 Å². The van der Waals surface area contributed by atoms with Crippen LogP contribution in [0.4, 0.5) is 5.13 Å². The molecule has 0 radical (unpaired) electrons. The molecule has 0 N–H and O–H groups in total. The number of pyridine rings is 1. The van der Waals surface area contributed by atoms with Crippen LogP contribution in [0.1, 0.15) is 35.1 Å². The van der Waals surface area contributed by atoms with Crippen molar-refractivity contribution in [1.29, 1.82) is 0 Å². The van der Waals surface area contributed by atoms with Crippen LogP contribution in [-0.4, -0.2) is 41.7 Å². The fraction of sp³-hybridized carbons (Fsp3) is 0.321. The summed E-state index contributed by atoms with van der Waals surface area (Å²) in [4.78, 5) is 25.1. The van der Waals surface area contributed by atoms with E-state index in [-0.39, 0.29) is 17.3 Å². The molecule has 5 rings (SSSR count). The number of piperidine rings is 1. The number of hydrogen-bond acceptors (Lipinski definition) is 6. The summed E-state index contributed by atoms with van der Waals surface area (Å²) in [5.74, 6) is -0.568. The van der Waals surface area contributed by atoms with Gasteiger partial charge in [0.25, 0.3) is 0 Å². The van der Waals surface area contributed by atoms with E-state index in [1.807, 2.05) is 26.0 Å². The lowest BCUT2D eigenvalue weighted by molar-refractivity contribution is -0.123. The number of anilines is 1. The van der Waals surface area contributed by atoms with Crippen molar-refractivity contribution in [1.82, 2.24) is 14.3 Å². The van der Waals surface area contributed by atoms with Gasteiger partial charge >= 0.3 is 0 Å². The summed E-state index contributed by atoms with van der Waals surface area (Å²) in [6.45, 7) is 6.89. The van der Waals surface area contributed by atoms with Crippen molar-refractivity contribution in [3.63, 3.8) is 0 Å². The highest BCUT2D eigenvalue weighted by Gasteiger charge is 2.36. The van der Waals surface area contributed by atoms with Gasteiger partial charge in [-0.15, -0.1) is 0 Å². The van der Waals surface area contributed by atoms with Crippen LogP contribution < -0.4 is 4.90 Å². The lowest BCUT2D eigenvalue weighted by Crippen LogP contribution is -2.46. The number of benzene rings is 2. The molecule has 192 valence electrons. The van der Waals surface area contributed by atoms with Crippen LogP contribution in [0.2, 0.25) is 0 Å². The Morgan fingerprint density at radius 1 is 1.11 bits per heavy atom. The van der Waals surface area contributed by atoms with Gasteiger partial charge in [-0.25, -0.2) is 13.4 Å². The molecule has 1 aliphatic rings. The SMILES string of the molecule is Cc1ccc(S(=O)(=O)N2CCCC(C(=O)N(Cc3cccnc3)c3nc4c(C)cc(C)cc4s3)C2)cc1. The van der Waals surface area contributed by atoms with Gasteiger partial charge in [0.2, 0.25) is 15.9 Å². The van der Waals surface area contributed by atoms with Crippen LogP contribution in [-0.2, 0) is 21.4 Å². The number of aryl methyl sites for hydroxylation is 3. The third kappa shape index (κ3) is 5.30. The zero-order valence-corrected chi connectivity index (χ0v) is 22.8. The Bertz CT molecular complexity index is 1530. The topological polar surface area (TPSA) is 83.5 Å². The number of hydrogen-bond donors (Lipinski definition) is 0. The van der Waals surface area contributed by atoms with E-state index >= 15 is 0 Å². The maximum Gasteiger partial charge on any atom is 0.243 e. The van der Waals surface area contributed by atoms with E-state index in [1.165, 1.54) is 15.6 Å². The second-order valence-electron chi connectivity index (χ2n) is 9.73. The van der Waals surface area contributed by atoms with Crippen LogP contribution in [0.25, 0.3) is 10.2 Å². The molecule has 2 aromatic heterocycles. The van der Waals surface area contributed by atoms with Crippen LogP contribution in [0.15, 0.2) is 65.8 Å². The lowest BCUT2D eigenvalue weighted by Gasteiger charge is -2.33. The summed E-state index contributed by atoms with van der Waals surface area (Å²) in [6.07, 6.45) is 4.71. The number of amides is 1. The smallest absolute Gasteiger partial charge is 0.243 e. The third-order valence-electron chi connectivity index (χ3n) is 6.77. The molecule has 3 heterocycles. The number of aromatic nitrogens is 2. The first-order valence-electron chi connectivity index (χ1n) is 12.4. The molecular weight excluding hydrogens is 504 g/mol. The van der Waals surface area contributed by atoms with E-state index in [4.69, 9.17) is 4.98 Å². The van der Waals surface area contributed by atoms with Crippen molar-refractivity contribution >= 4 is 42.6 Å². The Morgan fingerprint density at radius 2 is 1.89 bits per heavy atom. The van der Waals surface area contributed by atoms with Crippen LogP contribution in [0.5, 0.6) is 0 Å².